The third kappa shape index (κ3) is 2.47. The molecular weight excluding hydrogens is 239 g/mol. The quantitative estimate of drug-likeness (QED) is 0.648. The van der Waals surface area contributed by atoms with Gasteiger partial charge in [0.2, 0.25) is 0 Å². The van der Waals surface area contributed by atoms with Gasteiger partial charge in [-0.2, -0.15) is 0 Å². The largest absolute Gasteiger partial charge is 0.325 e. The van der Waals surface area contributed by atoms with Gasteiger partial charge >= 0.3 is 0 Å². The fourth-order valence-corrected chi connectivity index (χ4v) is 5.89. The van der Waals surface area contributed by atoms with E-state index in [1.807, 2.05) is 0 Å². The van der Waals surface area contributed by atoms with Crippen LogP contribution >= 0.6 is 7.80 Å². The minimum Gasteiger partial charge on any atom is -0.325 e. The third-order valence-electron chi connectivity index (χ3n) is 4.02. The Bertz CT molecular complexity index is 451. The van der Waals surface area contributed by atoms with E-state index in [1.54, 1.807) is 0 Å². The first-order chi connectivity index (χ1) is 8.36. The normalized spacial score (nSPS) is 37.1. The van der Waals surface area contributed by atoms with Gasteiger partial charge in [0.15, 0.2) is 0 Å². The first kappa shape index (κ1) is 13.6. The number of rotatable bonds is 2. The van der Waals surface area contributed by atoms with Gasteiger partial charge in [-0.3, -0.25) is 0 Å². The summed E-state index contributed by atoms with van der Waals surface area (Å²) in [6, 6.07) is 0. The molecule has 0 aromatic heterocycles. The van der Waals surface area contributed by atoms with Crippen molar-refractivity contribution < 1.29 is 4.57 Å². The fourth-order valence-electron chi connectivity index (χ4n) is 3.21. The van der Waals surface area contributed by atoms with Gasteiger partial charge in [0.05, 0.1) is 7.80 Å². The van der Waals surface area contributed by atoms with E-state index in [0.717, 1.165) is 12.8 Å². The molecule has 2 aliphatic rings. The summed E-state index contributed by atoms with van der Waals surface area (Å²) in [6.07, 6.45) is 14.5. The molecule has 0 radical (unpaired) electrons. The smallest absolute Gasteiger partial charge is 0.0951 e. The first-order valence-electron chi connectivity index (χ1n) is 6.61. The van der Waals surface area contributed by atoms with E-state index in [9.17, 15) is 4.57 Å². The molecule has 0 heterocycles. The Morgan fingerprint density at radius 2 is 1.33 bits per heavy atom. The van der Waals surface area contributed by atoms with Gasteiger partial charge in [0.25, 0.3) is 0 Å². The number of hydrogen-bond donors (Lipinski definition) is 0. The molecule has 98 valence electrons. The minimum absolute atomic E-state index is 0.166. The maximum atomic E-state index is 13.1. The molecular formula is C16H23OP. The molecule has 18 heavy (non-hydrogen) atoms. The Morgan fingerprint density at radius 1 is 0.944 bits per heavy atom. The summed E-state index contributed by atoms with van der Waals surface area (Å²) in [6.45, 7) is 8.55. The SMILES string of the molecule is CC1=CC=CC(C)([PH](=O)C2(C)C=CC=C(C)C2)C1. The summed E-state index contributed by atoms with van der Waals surface area (Å²) in [5, 5.41) is -0.333. The number of hydrogen-bond acceptors (Lipinski definition) is 1. The topological polar surface area (TPSA) is 17.1 Å². The maximum absolute atomic E-state index is 13.1. The molecule has 0 aromatic carbocycles. The Morgan fingerprint density at radius 3 is 1.67 bits per heavy atom. The molecule has 0 amide bonds. The van der Waals surface area contributed by atoms with Gasteiger partial charge < -0.3 is 4.57 Å². The zero-order chi connectivity index (χ0) is 13.4. The van der Waals surface area contributed by atoms with Crippen LogP contribution in [0.1, 0.15) is 40.5 Å². The van der Waals surface area contributed by atoms with Gasteiger partial charge in [-0.25, -0.2) is 0 Å². The van der Waals surface area contributed by atoms with Crippen LogP contribution in [0.3, 0.4) is 0 Å². The lowest BCUT2D eigenvalue weighted by Gasteiger charge is -2.38. The van der Waals surface area contributed by atoms with E-state index >= 15 is 0 Å². The summed E-state index contributed by atoms with van der Waals surface area (Å²) >= 11 is 0. The van der Waals surface area contributed by atoms with Gasteiger partial charge in [-0.15, -0.1) is 0 Å². The van der Waals surface area contributed by atoms with E-state index in [2.05, 4.69) is 64.2 Å². The average molecular weight is 262 g/mol. The van der Waals surface area contributed by atoms with Gasteiger partial charge in [0, 0.05) is 10.3 Å². The lowest BCUT2D eigenvalue weighted by atomic mass is 9.95. The zero-order valence-corrected chi connectivity index (χ0v) is 12.8. The van der Waals surface area contributed by atoms with Crippen LogP contribution in [-0.4, -0.2) is 10.3 Å². The van der Waals surface area contributed by atoms with Crippen molar-refractivity contribution in [2.45, 2.75) is 50.8 Å². The molecule has 2 atom stereocenters. The Labute approximate surface area is 111 Å². The highest BCUT2D eigenvalue weighted by atomic mass is 31.1. The van der Waals surface area contributed by atoms with Crippen LogP contribution in [-0.2, 0) is 4.57 Å². The van der Waals surface area contributed by atoms with Crippen molar-refractivity contribution in [2.24, 2.45) is 0 Å². The van der Waals surface area contributed by atoms with Crippen LogP contribution in [0.25, 0.3) is 0 Å². The molecule has 2 unspecified atom stereocenters. The Kier molecular flexibility index (Phi) is 3.56. The number of allylic oxidation sites excluding steroid dienone is 8. The highest BCUT2D eigenvalue weighted by molar-refractivity contribution is 7.49. The molecule has 0 saturated heterocycles. The lowest BCUT2D eigenvalue weighted by Crippen LogP contribution is -2.30. The molecule has 0 spiro atoms. The van der Waals surface area contributed by atoms with Crippen molar-refractivity contribution in [1.29, 1.82) is 0 Å². The molecule has 0 N–H and O–H groups in total. The van der Waals surface area contributed by atoms with Crippen LogP contribution in [0.15, 0.2) is 47.6 Å². The van der Waals surface area contributed by atoms with E-state index in [4.69, 9.17) is 0 Å². The second-order valence-electron chi connectivity index (χ2n) is 6.26. The predicted octanol–water partition coefficient (Wildman–Crippen LogP) is 4.88. The molecule has 0 fully saturated rings. The van der Waals surface area contributed by atoms with Crippen LogP contribution < -0.4 is 0 Å². The molecule has 0 aromatic rings. The van der Waals surface area contributed by atoms with Crippen molar-refractivity contribution in [1.82, 2.24) is 0 Å². The van der Waals surface area contributed by atoms with E-state index in [1.165, 1.54) is 11.1 Å². The molecule has 0 aliphatic heterocycles. The van der Waals surface area contributed by atoms with Crippen molar-refractivity contribution in [2.75, 3.05) is 0 Å². The molecule has 0 bridgehead atoms. The summed E-state index contributed by atoms with van der Waals surface area (Å²) in [4.78, 5) is 0. The second-order valence-corrected chi connectivity index (χ2v) is 9.20. The lowest BCUT2D eigenvalue weighted by molar-refractivity contribution is 0.537. The van der Waals surface area contributed by atoms with Crippen molar-refractivity contribution in [3.63, 3.8) is 0 Å². The van der Waals surface area contributed by atoms with Crippen molar-refractivity contribution in [3.05, 3.63) is 47.6 Å². The molecule has 2 aliphatic carbocycles. The second kappa shape index (κ2) is 4.70. The Hall–Kier alpha value is -0.810. The van der Waals surface area contributed by atoms with Crippen molar-refractivity contribution >= 4 is 7.80 Å². The first-order valence-corrected chi connectivity index (χ1v) is 8.01. The Balaban J connectivity index is 2.28. The van der Waals surface area contributed by atoms with E-state index in [-0.39, 0.29) is 10.3 Å². The van der Waals surface area contributed by atoms with Crippen LogP contribution in [0.2, 0.25) is 0 Å². The van der Waals surface area contributed by atoms with E-state index in [0.29, 0.717) is 0 Å². The van der Waals surface area contributed by atoms with Gasteiger partial charge in [-0.05, 0) is 40.5 Å². The fraction of sp³-hybridized carbons (Fsp3) is 0.500. The molecule has 0 saturated carbocycles. The monoisotopic (exact) mass is 262 g/mol. The maximum Gasteiger partial charge on any atom is 0.0951 e. The highest BCUT2D eigenvalue weighted by Gasteiger charge is 2.41. The molecule has 2 rings (SSSR count). The average Bonchev–Trinajstić information content (AvgIpc) is 2.27. The zero-order valence-electron chi connectivity index (χ0n) is 11.8. The third-order valence-corrected chi connectivity index (χ3v) is 6.78. The van der Waals surface area contributed by atoms with Crippen LogP contribution in [0, 0.1) is 0 Å². The highest BCUT2D eigenvalue weighted by Crippen LogP contribution is 2.57. The summed E-state index contributed by atoms with van der Waals surface area (Å²) in [5.41, 5.74) is 2.66. The van der Waals surface area contributed by atoms with Gasteiger partial charge in [-0.1, -0.05) is 47.6 Å². The van der Waals surface area contributed by atoms with Crippen LogP contribution in [0.4, 0.5) is 0 Å². The van der Waals surface area contributed by atoms with Crippen molar-refractivity contribution in [3.8, 4) is 0 Å². The van der Waals surface area contributed by atoms with Gasteiger partial charge in [0.1, 0.15) is 0 Å². The summed E-state index contributed by atoms with van der Waals surface area (Å²) < 4.78 is 13.1. The summed E-state index contributed by atoms with van der Waals surface area (Å²) in [5.74, 6) is 0. The standard InChI is InChI=1S/C16H23OP/c1-13-7-5-9-15(3,11-13)18(17)16(4)10-6-8-14(2)12-16/h5-10,18H,11-12H2,1-4H3. The molecule has 2 heteroatoms. The minimum atomic E-state index is -1.76. The summed E-state index contributed by atoms with van der Waals surface area (Å²) in [7, 11) is -1.76. The van der Waals surface area contributed by atoms with Crippen LogP contribution in [0.5, 0.6) is 0 Å². The predicted molar refractivity (Wildman–Crippen MR) is 80.8 cm³/mol. The molecule has 1 nitrogen and oxygen atoms in total. The van der Waals surface area contributed by atoms with E-state index < -0.39 is 7.80 Å².